The van der Waals surface area contributed by atoms with E-state index in [-0.39, 0.29) is 12.8 Å². The predicted octanol–water partition coefficient (Wildman–Crippen LogP) is 2.27. The van der Waals surface area contributed by atoms with Crippen LogP contribution in [0.15, 0.2) is 60.0 Å². The third kappa shape index (κ3) is 2.00. The molecule has 4 rings (SSSR count). The maximum Gasteiger partial charge on any atom is 0.333 e. The lowest BCUT2D eigenvalue weighted by molar-refractivity contribution is -0.148. The molecule has 6 heteroatoms. The van der Waals surface area contributed by atoms with E-state index in [0.29, 0.717) is 11.4 Å². The average molecular weight is 322 g/mol. The van der Waals surface area contributed by atoms with Crippen LogP contribution in [0.2, 0.25) is 0 Å². The summed E-state index contributed by atoms with van der Waals surface area (Å²) in [6.07, 6.45) is 6.11. The van der Waals surface area contributed by atoms with Gasteiger partial charge in [0.15, 0.2) is 0 Å². The van der Waals surface area contributed by atoms with Crippen molar-refractivity contribution in [3.05, 3.63) is 65.5 Å². The van der Waals surface area contributed by atoms with Crippen LogP contribution in [0.3, 0.4) is 0 Å². The Hall–Kier alpha value is -3.15. The largest absolute Gasteiger partial charge is 0.480 e. The van der Waals surface area contributed by atoms with Gasteiger partial charge in [0, 0.05) is 5.57 Å². The number of rotatable bonds is 3. The molecule has 0 saturated heterocycles. The topological polar surface area (TPSA) is 86.7 Å². The molecule has 0 atom stereocenters. The van der Waals surface area contributed by atoms with E-state index in [0.717, 1.165) is 11.1 Å². The summed E-state index contributed by atoms with van der Waals surface area (Å²) >= 11 is 0. The number of fused-ring (bicyclic) bond motifs is 2. The molecular formula is C18H14N2O4. The first-order chi connectivity index (χ1) is 11.5. The predicted molar refractivity (Wildman–Crippen MR) is 85.3 cm³/mol. The number of carboxylic acids is 1. The van der Waals surface area contributed by atoms with Crippen molar-refractivity contribution in [2.75, 3.05) is 0 Å². The molecule has 2 N–H and O–H groups in total. The lowest BCUT2D eigenvalue weighted by atomic mass is 9.91. The summed E-state index contributed by atoms with van der Waals surface area (Å²) < 4.78 is 0. The number of allylic oxidation sites excluding steroid dienone is 4. The number of benzene rings is 1. The van der Waals surface area contributed by atoms with Crippen LogP contribution in [0.4, 0.5) is 4.79 Å². The fraction of sp³-hybridized carbons (Fsp3) is 0.167. The zero-order valence-electron chi connectivity index (χ0n) is 12.7. The Bertz CT molecular complexity index is 858. The van der Waals surface area contributed by atoms with E-state index in [1.54, 1.807) is 6.08 Å². The standard InChI is InChI=1S/C18H14N2O4/c21-15(18(8-9-18)16(22)23)19-17(24)20-12-6-7-13(14(20)10-12)11-4-2-1-3-5-11/h1-7,10H,8-9H2,(H,22,23)(H,19,21,24). The quantitative estimate of drug-likeness (QED) is 0.836. The monoisotopic (exact) mass is 322 g/mol. The number of urea groups is 1. The van der Waals surface area contributed by atoms with Gasteiger partial charge in [0.25, 0.3) is 0 Å². The Labute approximate surface area is 137 Å². The number of hydrogen-bond donors (Lipinski definition) is 2. The number of carbonyl (C=O) groups excluding carboxylic acids is 2. The first-order valence-electron chi connectivity index (χ1n) is 7.61. The Morgan fingerprint density at radius 3 is 2.38 bits per heavy atom. The number of aliphatic carboxylic acids is 1. The van der Waals surface area contributed by atoms with Gasteiger partial charge in [0.1, 0.15) is 5.41 Å². The molecule has 24 heavy (non-hydrogen) atoms. The first kappa shape index (κ1) is 14.4. The molecule has 3 aliphatic rings. The third-order valence-electron chi connectivity index (χ3n) is 4.58. The Morgan fingerprint density at radius 1 is 1.08 bits per heavy atom. The van der Waals surface area contributed by atoms with Gasteiger partial charge < -0.3 is 5.11 Å². The normalized spacial score (nSPS) is 19.3. The van der Waals surface area contributed by atoms with Crippen molar-refractivity contribution in [1.29, 1.82) is 0 Å². The van der Waals surface area contributed by atoms with E-state index in [9.17, 15) is 14.4 Å². The lowest BCUT2D eigenvalue weighted by Gasteiger charge is -2.38. The zero-order chi connectivity index (χ0) is 16.9. The molecule has 1 fully saturated rings. The molecule has 6 nitrogen and oxygen atoms in total. The van der Waals surface area contributed by atoms with E-state index < -0.39 is 23.3 Å². The molecule has 0 unspecified atom stereocenters. The van der Waals surface area contributed by atoms with Crippen LogP contribution < -0.4 is 5.32 Å². The van der Waals surface area contributed by atoms with Crippen LogP contribution in [-0.4, -0.2) is 27.9 Å². The zero-order valence-corrected chi connectivity index (χ0v) is 12.7. The summed E-state index contributed by atoms with van der Waals surface area (Å²) in [5.74, 6) is -1.92. The second-order valence-corrected chi connectivity index (χ2v) is 6.05. The lowest BCUT2D eigenvalue weighted by Crippen LogP contribution is -2.49. The first-order valence-corrected chi connectivity index (χ1v) is 7.61. The second kappa shape index (κ2) is 4.92. The van der Waals surface area contributed by atoms with Gasteiger partial charge in [-0.05, 0) is 30.6 Å². The van der Waals surface area contributed by atoms with Crippen molar-refractivity contribution in [1.82, 2.24) is 10.2 Å². The molecule has 1 aromatic rings. The second-order valence-electron chi connectivity index (χ2n) is 6.05. The summed E-state index contributed by atoms with van der Waals surface area (Å²) in [7, 11) is 0. The van der Waals surface area contributed by atoms with E-state index in [2.05, 4.69) is 5.32 Å². The highest BCUT2D eigenvalue weighted by Gasteiger charge is 2.57. The van der Waals surface area contributed by atoms with Gasteiger partial charge >= 0.3 is 12.0 Å². The molecule has 0 radical (unpaired) electrons. The summed E-state index contributed by atoms with van der Waals surface area (Å²) in [6, 6.07) is 8.99. The Morgan fingerprint density at radius 2 is 1.79 bits per heavy atom. The van der Waals surface area contributed by atoms with E-state index in [1.807, 2.05) is 42.5 Å². The highest BCUT2D eigenvalue weighted by Crippen LogP contribution is 2.46. The molecule has 3 amide bonds. The minimum absolute atomic E-state index is 0.266. The molecule has 1 aromatic carbocycles. The molecule has 120 valence electrons. The van der Waals surface area contributed by atoms with Crippen LogP contribution in [0.25, 0.3) is 5.57 Å². The minimum Gasteiger partial charge on any atom is -0.480 e. The van der Waals surface area contributed by atoms with Crippen LogP contribution in [0.1, 0.15) is 18.4 Å². The Balaban J connectivity index is 1.51. The fourth-order valence-electron chi connectivity index (χ4n) is 2.94. The van der Waals surface area contributed by atoms with Crippen molar-refractivity contribution in [3.63, 3.8) is 0 Å². The van der Waals surface area contributed by atoms with Gasteiger partial charge in [-0.1, -0.05) is 36.4 Å². The van der Waals surface area contributed by atoms with Crippen molar-refractivity contribution in [2.45, 2.75) is 12.8 Å². The fourth-order valence-corrected chi connectivity index (χ4v) is 2.94. The number of amides is 3. The van der Waals surface area contributed by atoms with Gasteiger partial charge in [0.05, 0.1) is 11.4 Å². The molecule has 2 bridgehead atoms. The Kier molecular flexibility index (Phi) is 2.96. The van der Waals surface area contributed by atoms with Crippen LogP contribution >= 0.6 is 0 Å². The van der Waals surface area contributed by atoms with Crippen molar-refractivity contribution in [2.24, 2.45) is 5.41 Å². The van der Waals surface area contributed by atoms with Crippen molar-refractivity contribution >= 4 is 23.5 Å². The summed E-state index contributed by atoms with van der Waals surface area (Å²) in [5, 5.41) is 11.4. The van der Waals surface area contributed by atoms with Crippen molar-refractivity contribution < 1.29 is 19.5 Å². The van der Waals surface area contributed by atoms with Gasteiger partial charge in [0.2, 0.25) is 5.91 Å². The van der Waals surface area contributed by atoms with Crippen LogP contribution in [0.5, 0.6) is 0 Å². The number of nitrogens with zero attached hydrogens (tertiary/aromatic N) is 1. The third-order valence-corrected chi connectivity index (χ3v) is 4.58. The number of hydrogen-bond acceptors (Lipinski definition) is 3. The van der Waals surface area contributed by atoms with E-state index in [1.165, 1.54) is 4.90 Å². The number of nitrogens with one attached hydrogen (secondary N) is 1. The number of carboxylic acid groups (broad SMARTS) is 1. The highest BCUT2D eigenvalue weighted by molar-refractivity contribution is 6.11. The SMILES string of the molecule is O=C(NC(=O)C1(C(=O)O)CC1)N1c2ccc(-c3ccccc3)c1c2. The van der Waals surface area contributed by atoms with Gasteiger partial charge in [-0.25, -0.2) is 4.79 Å². The van der Waals surface area contributed by atoms with Crippen molar-refractivity contribution in [3.8, 4) is 0 Å². The smallest absolute Gasteiger partial charge is 0.333 e. The summed E-state index contributed by atoms with van der Waals surface area (Å²) in [4.78, 5) is 37.1. The number of carbonyl (C=O) groups is 3. The molecule has 2 aliphatic heterocycles. The number of imide groups is 1. The maximum atomic E-state index is 12.4. The van der Waals surface area contributed by atoms with E-state index in [4.69, 9.17) is 5.11 Å². The molecule has 0 aromatic heterocycles. The molecular weight excluding hydrogens is 308 g/mol. The molecule has 0 spiro atoms. The molecule has 2 heterocycles. The van der Waals surface area contributed by atoms with Gasteiger partial charge in [-0.2, -0.15) is 0 Å². The maximum absolute atomic E-state index is 12.4. The van der Waals surface area contributed by atoms with E-state index >= 15 is 0 Å². The van der Waals surface area contributed by atoms with Crippen LogP contribution in [-0.2, 0) is 9.59 Å². The molecule has 1 saturated carbocycles. The summed E-state index contributed by atoms with van der Waals surface area (Å²) in [6.45, 7) is 0. The van der Waals surface area contributed by atoms with Gasteiger partial charge in [-0.15, -0.1) is 0 Å². The van der Waals surface area contributed by atoms with Crippen LogP contribution in [0, 0.1) is 5.41 Å². The molecule has 1 aliphatic carbocycles. The summed E-state index contributed by atoms with van der Waals surface area (Å²) in [5.41, 5.74) is 1.79. The minimum atomic E-state index is -1.43. The average Bonchev–Trinajstić information content (AvgIpc) is 3.37. The van der Waals surface area contributed by atoms with Gasteiger partial charge in [-0.3, -0.25) is 19.8 Å². The highest BCUT2D eigenvalue weighted by atomic mass is 16.4.